The van der Waals surface area contributed by atoms with Gasteiger partial charge in [-0.25, -0.2) is 4.68 Å². The van der Waals surface area contributed by atoms with Gasteiger partial charge in [-0.2, -0.15) is 5.10 Å². The molecule has 3 heterocycles. The van der Waals surface area contributed by atoms with Gasteiger partial charge in [0.25, 0.3) is 5.56 Å². The molecule has 0 fully saturated rings. The quantitative estimate of drug-likeness (QED) is 0.797. The van der Waals surface area contributed by atoms with Gasteiger partial charge in [0.1, 0.15) is 11.7 Å². The minimum absolute atomic E-state index is 0.345. The zero-order valence-electron chi connectivity index (χ0n) is 12.3. The Kier molecular flexibility index (Phi) is 4.01. The number of nitrogens with one attached hydrogen (secondary N) is 1. The lowest BCUT2D eigenvalue weighted by Gasteiger charge is -2.14. The Hall–Kier alpha value is -3.22. The number of carbonyl (C=O) groups is 1. The molecule has 3 aromatic heterocycles. The van der Waals surface area contributed by atoms with Crippen LogP contribution in [-0.2, 0) is 4.79 Å². The van der Waals surface area contributed by atoms with Crippen molar-refractivity contribution in [2.75, 3.05) is 5.32 Å². The molecule has 1 N–H and O–H groups in total. The molecule has 0 aliphatic carbocycles. The Morgan fingerprint density at radius 3 is 2.70 bits per heavy atom. The number of hydrogen-bond donors (Lipinski definition) is 1. The number of aromatic nitrogens is 3. The maximum atomic E-state index is 12.3. The summed E-state index contributed by atoms with van der Waals surface area (Å²) in [7, 11) is 0. The van der Waals surface area contributed by atoms with E-state index in [2.05, 4.69) is 15.4 Å². The summed E-state index contributed by atoms with van der Waals surface area (Å²) in [4.78, 5) is 28.2. The van der Waals surface area contributed by atoms with Gasteiger partial charge >= 0.3 is 0 Å². The third-order valence-electron chi connectivity index (χ3n) is 3.29. The van der Waals surface area contributed by atoms with E-state index in [9.17, 15) is 9.59 Å². The van der Waals surface area contributed by atoms with E-state index in [0.717, 1.165) is 4.68 Å². The Balaban J connectivity index is 1.87. The van der Waals surface area contributed by atoms with Gasteiger partial charge in [0.05, 0.1) is 6.26 Å². The lowest BCUT2D eigenvalue weighted by molar-refractivity contribution is -0.119. The van der Waals surface area contributed by atoms with Crippen LogP contribution in [0.4, 0.5) is 5.69 Å². The molecule has 3 rings (SSSR count). The summed E-state index contributed by atoms with van der Waals surface area (Å²) < 4.78 is 6.40. The van der Waals surface area contributed by atoms with Crippen LogP contribution in [0.15, 0.2) is 64.3 Å². The Morgan fingerprint density at radius 2 is 2.00 bits per heavy atom. The molecule has 0 saturated carbocycles. The van der Waals surface area contributed by atoms with Crippen LogP contribution in [-0.4, -0.2) is 20.7 Å². The van der Waals surface area contributed by atoms with Crippen molar-refractivity contribution in [2.24, 2.45) is 0 Å². The maximum absolute atomic E-state index is 12.3. The van der Waals surface area contributed by atoms with Crippen molar-refractivity contribution >= 4 is 11.6 Å². The molecule has 0 saturated heterocycles. The fourth-order valence-corrected chi connectivity index (χ4v) is 2.05. The third kappa shape index (κ3) is 3.18. The normalized spacial score (nSPS) is 11.9. The first-order valence-electron chi connectivity index (χ1n) is 7.00. The van der Waals surface area contributed by atoms with Gasteiger partial charge in [-0.05, 0) is 37.3 Å². The van der Waals surface area contributed by atoms with E-state index in [4.69, 9.17) is 4.42 Å². The fraction of sp³-hybridized carbons (Fsp3) is 0.125. The number of carbonyl (C=O) groups excluding carboxylic acids is 1. The summed E-state index contributed by atoms with van der Waals surface area (Å²) in [6.45, 7) is 1.61. The molecule has 23 heavy (non-hydrogen) atoms. The summed E-state index contributed by atoms with van der Waals surface area (Å²) in [6, 6.07) is 8.95. The number of amides is 1. The van der Waals surface area contributed by atoms with Crippen molar-refractivity contribution in [1.82, 2.24) is 14.8 Å². The first-order valence-corrected chi connectivity index (χ1v) is 7.00. The predicted octanol–water partition coefficient (Wildman–Crippen LogP) is 2.10. The molecule has 1 atom stereocenters. The predicted molar refractivity (Wildman–Crippen MR) is 83.8 cm³/mol. The zero-order chi connectivity index (χ0) is 16.2. The summed E-state index contributed by atoms with van der Waals surface area (Å²) in [5, 5.41) is 6.93. The van der Waals surface area contributed by atoms with Gasteiger partial charge in [-0.3, -0.25) is 14.6 Å². The second-order valence-corrected chi connectivity index (χ2v) is 4.88. The average molecular weight is 310 g/mol. The Morgan fingerprint density at radius 1 is 1.22 bits per heavy atom. The number of hydrogen-bond acceptors (Lipinski definition) is 5. The van der Waals surface area contributed by atoms with Gasteiger partial charge in [0.15, 0.2) is 5.76 Å². The number of rotatable bonds is 4. The van der Waals surface area contributed by atoms with E-state index >= 15 is 0 Å². The van der Waals surface area contributed by atoms with E-state index in [1.807, 2.05) is 0 Å². The molecule has 1 unspecified atom stereocenters. The van der Waals surface area contributed by atoms with E-state index in [1.165, 1.54) is 12.3 Å². The zero-order valence-corrected chi connectivity index (χ0v) is 12.3. The Bertz CT molecular complexity index is 857. The standard InChI is InChI=1S/C16H14N4O3/c1-11(16(22)18-12-6-8-17-9-7-12)20-15(21)5-4-13(19-20)14-3-2-10-23-14/h2-11H,1H3,(H,17,18,22). The van der Waals surface area contributed by atoms with Gasteiger partial charge in [0.2, 0.25) is 5.91 Å². The van der Waals surface area contributed by atoms with Gasteiger partial charge < -0.3 is 9.73 Å². The maximum Gasteiger partial charge on any atom is 0.267 e. The van der Waals surface area contributed by atoms with Gasteiger partial charge in [-0.15, -0.1) is 0 Å². The molecule has 0 aliphatic rings. The van der Waals surface area contributed by atoms with E-state index < -0.39 is 6.04 Å². The van der Waals surface area contributed by atoms with Crippen LogP contribution in [0.1, 0.15) is 13.0 Å². The molecule has 0 aromatic carbocycles. The highest BCUT2D eigenvalue weighted by molar-refractivity contribution is 5.93. The fourth-order valence-electron chi connectivity index (χ4n) is 2.05. The van der Waals surface area contributed by atoms with Gasteiger partial charge in [-0.1, -0.05) is 0 Å². The van der Waals surface area contributed by atoms with Crippen LogP contribution in [0.2, 0.25) is 0 Å². The lowest BCUT2D eigenvalue weighted by Crippen LogP contribution is -2.33. The summed E-state index contributed by atoms with van der Waals surface area (Å²) in [5.74, 6) is 0.183. The molecule has 0 radical (unpaired) electrons. The molecule has 0 aliphatic heterocycles. The topological polar surface area (TPSA) is 90.0 Å². The minimum Gasteiger partial charge on any atom is -0.463 e. The second-order valence-electron chi connectivity index (χ2n) is 4.88. The van der Waals surface area contributed by atoms with Crippen molar-refractivity contribution in [1.29, 1.82) is 0 Å². The van der Waals surface area contributed by atoms with E-state index in [0.29, 0.717) is 17.1 Å². The van der Waals surface area contributed by atoms with Crippen LogP contribution in [0.5, 0.6) is 0 Å². The number of nitrogens with zero attached hydrogens (tertiary/aromatic N) is 3. The van der Waals surface area contributed by atoms with Crippen molar-refractivity contribution < 1.29 is 9.21 Å². The van der Waals surface area contributed by atoms with Crippen LogP contribution in [0.3, 0.4) is 0 Å². The second kappa shape index (κ2) is 6.27. The van der Waals surface area contributed by atoms with E-state index in [-0.39, 0.29) is 11.5 Å². The first kappa shape index (κ1) is 14.7. The van der Waals surface area contributed by atoms with Crippen LogP contribution in [0, 0.1) is 0 Å². The molecule has 1 amide bonds. The Labute approximate surface area is 131 Å². The number of anilines is 1. The molecular weight excluding hydrogens is 296 g/mol. The summed E-state index contributed by atoms with van der Waals surface area (Å²) in [6.07, 6.45) is 4.66. The van der Waals surface area contributed by atoms with Gasteiger partial charge in [0, 0.05) is 24.1 Å². The van der Waals surface area contributed by atoms with Crippen LogP contribution < -0.4 is 10.9 Å². The molecule has 0 spiro atoms. The number of furan rings is 1. The molecule has 3 aromatic rings. The molecule has 7 nitrogen and oxygen atoms in total. The van der Waals surface area contributed by atoms with Crippen molar-refractivity contribution in [3.63, 3.8) is 0 Å². The smallest absolute Gasteiger partial charge is 0.267 e. The monoisotopic (exact) mass is 310 g/mol. The van der Waals surface area contributed by atoms with Crippen molar-refractivity contribution in [3.8, 4) is 11.5 Å². The third-order valence-corrected chi connectivity index (χ3v) is 3.29. The van der Waals surface area contributed by atoms with Crippen molar-refractivity contribution in [2.45, 2.75) is 13.0 Å². The van der Waals surface area contributed by atoms with E-state index in [1.54, 1.807) is 49.6 Å². The first-order chi connectivity index (χ1) is 11.1. The minimum atomic E-state index is -0.773. The molecule has 116 valence electrons. The lowest BCUT2D eigenvalue weighted by atomic mass is 10.2. The van der Waals surface area contributed by atoms with Crippen LogP contribution >= 0.6 is 0 Å². The summed E-state index contributed by atoms with van der Waals surface area (Å²) >= 11 is 0. The highest BCUT2D eigenvalue weighted by Crippen LogP contribution is 2.16. The molecular formula is C16H14N4O3. The van der Waals surface area contributed by atoms with Crippen molar-refractivity contribution in [3.05, 3.63) is 65.4 Å². The largest absolute Gasteiger partial charge is 0.463 e. The summed E-state index contributed by atoms with van der Waals surface area (Å²) in [5.41, 5.74) is 0.725. The highest BCUT2D eigenvalue weighted by Gasteiger charge is 2.18. The molecule has 7 heteroatoms. The number of pyridine rings is 1. The average Bonchev–Trinajstić information content (AvgIpc) is 3.10. The molecule has 0 bridgehead atoms. The SMILES string of the molecule is CC(C(=O)Nc1ccncc1)n1nc(-c2ccco2)ccc1=O. The van der Waals surface area contributed by atoms with Crippen LogP contribution in [0.25, 0.3) is 11.5 Å². The highest BCUT2D eigenvalue weighted by atomic mass is 16.3.